The van der Waals surface area contributed by atoms with Gasteiger partial charge in [-0.1, -0.05) is 116 Å². The molecule has 1 aromatic carbocycles. The molecule has 7 nitrogen and oxygen atoms in total. The lowest BCUT2D eigenvalue weighted by Crippen LogP contribution is -3.06. The Balaban J connectivity index is 2.33. The van der Waals surface area contributed by atoms with Crippen molar-refractivity contribution in [3.63, 3.8) is 0 Å². The summed E-state index contributed by atoms with van der Waals surface area (Å²) in [4.78, 5) is 23.4. The zero-order chi connectivity index (χ0) is 30.0. The van der Waals surface area contributed by atoms with Crippen LogP contribution >= 0.6 is 8.60 Å². The van der Waals surface area contributed by atoms with Gasteiger partial charge in [0.15, 0.2) is 6.10 Å². The van der Waals surface area contributed by atoms with Gasteiger partial charge < -0.3 is 28.3 Å². The topological polar surface area (TPSA) is 78.7 Å². The molecular weight excluding hydrogens is 537 g/mol. The van der Waals surface area contributed by atoms with E-state index in [4.69, 9.17) is 18.5 Å². The summed E-state index contributed by atoms with van der Waals surface area (Å²) in [6.45, 7) is 5.55. The summed E-state index contributed by atoms with van der Waals surface area (Å²) in [5.74, 6) is 0.523. The third-order valence-electron chi connectivity index (χ3n) is 7.12. The number of hydrogen-bond donors (Lipinski definition) is 2. The number of unbranched alkanes of at least 4 members (excludes halogenated alkanes) is 13. The predicted octanol–water partition coefficient (Wildman–Crippen LogP) is 7.20. The molecule has 2 N–H and O–H groups in total. The summed E-state index contributed by atoms with van der Waals surface area (Å²) in [7, 11) is 2.00. The minimum absolute atomic E-state index is 0.0214. The molecule has 0 heterocycles. The first-order valence-electron chi connectivity index (χ1n) is 16.4. The molecular formula is C33H61NO6P+. The van der Waals surface area contributed by atoms with Gasteiger partial charge in [-0.15, -0.1) is 0 Å². The van der Waals surface area contributed by atoms with Crippen LogP contribution in [0.1, 0.15) is 122 Å². The quantitative estimate of drug-likeness (QED) is 0.0604. The highest BCUT2D eigenvalue weighted by atomic mass is 31.2. The van der Waals surface area contributed by atoms with Crippen molar-refractivity contribution in [1.29, 1.82) is 0 Å². The highest BCUT2D eigenvalue weighted by molar-refractivity contribution is 7.40. The molecule has 2 atom stereocenters. The van der Waals surface area contributed by atoms with Gasteiger partial charge in [-0.05, 0) is 30.9 Å². The number of rotatable bonds is 28. The Morgan fingerprint density at radius 1 is 0.805 bits per heavy atom. The molecule has 0 saturated heterocycles. The Morgan fingerprint density at radius 3 is 1.98 bits per heavy atom. The summed E-state index contributed by atoms with van der Waals surface area (Å²) in [6, 6.07) is 8.09. The van der Waals surface area contributed by atoms with Gasteiger partial charge in [0.2, 0.25) is 0 Å². The van der Waals surface area contributed by atoms with E-state index in [-0.39, 0.29) is 19.2 Å². The van der Waals surface area contributed by atoms with Crippen LogP contribution in [0.2, 0.25) is 0 Å². The maximum Gasteiger partial charge on any atom is 0.330 e. The fourth-order valence-electron chi connectivity index (χ4n) is 4.62. The monoisotopic (exact) mass is 598 g/mol. The number of para-hydroxylation sites is 1. The summed E-state index contributed by atoms with van der Waals surface area (Å²) in [5, 5.41) is 0. The van der Waals surface area contributed by atoms with Crippen LogP contribution < -0.4 is 9.64 Å². The lowest BCUT2D eigenvalue weighted by atomic mass is 10.0. The molecule has 0 aliphatic heterocycles. The van der Waals surface area contributed by atoms with E-state index in [1.165, 1.54) is 93.9 Å². The number of quaternary nitrogens is 1. The number of nitrogens with one attached hydrogen (secondary N) is 1. The van der Waals surface area contributed by atoms with Crippen LogP contribution in [0.15, 0.2) is 24.3 Å². The van der Waals surface area contributed by atoms with Crippen molar-refractivity contribution in [2.75, 3.05) is 40.5 Å². The van der Waals surface area contributed by atoms with Crippen molar-refractivity contribution in [3.8, 4) is 5.75 Å². The normalized spacial score (nSPS) is 12.9. The number of carbonyl (C=O) groups excluding carboxylic acids is 1. The second-order valence-corrected chi connectivity index (χ2v) is 12.4. The summed E-state index contributed by atoms with van der Waals surface area (Å²) < 4.78 is 22.5. The Bertz CT molecular complexity index is 750. The lowest BCUT2D eigenvalue weighted by Gasteiger charge is -2.21. The van der Waals surface area contributed by atoms with Crippen molar-refractivity contribution >= 4 is 14.6 Å². The zero-order valence-electron chi connectivity index (χ0n) is 26.7. The summed E-state index contributed by atoms with van der Waals surface area (Å²) in [5.41, 5.74) is 1.17. The van der Waals surface area contributed by atoms with Gasteiger partial charge in [-0.3, -0.25) is 4.79 Å². The zero-order valence-corrected chi connectivity index (χ0v) is 27.6. The van der Waals surface area contributed by atoms with Crippen molar-refractivity contribution in [2.24, 2.45) is 0 Å². The largest absolute Gasteiger partial charge is 0.489 e. The third kappa shape index (κ3) is 22.0. The molecule has 0 bridgehead atoms. The molecule has 0 radical (unpaired) electrons. The number of hydrogen-bond acceptors (Lipinski definition) is 6. The highest BCUT2D eigenvalue weighted by Gasteiger charge is 2.19. The van der Waals surface area contributed by atoms with Gasteiger partial charge in [0.25, 0.3) is 0 Å². The van der Waals surface area contributed by atoms with Crippen molar-refractivity contribution < 1.29 is 33.1 Å². The van der Waals surface area contributed by atoms with Crippen LogP contribution in [0.25, 0.3) is 0 Å². The molecule has 1 aromatic rings. The van der Waals surface area contributed by atoms with E-state index in [1.54, 1.807) is 0 Å². The Kier molecular flexibility index (Phi) is 24.3. The van der Waals surface area contributed by atoms with Crippen LogP contribution in [-0.4, -0.2) is 57.4 Å². The van der Waals surface area contributed by atoms with Gasteiger partial charge in [0, 0.05) is 6.42 Å². The summed E-state index contributed by atoms with van der Waals surface area (Å²) in [6.07, 6.45) is 20.3. The highest BCUT2D eigenvalue weighted by Crippen LogP contribution is 2.32. The van der Waals surface area contributed by atoms with Gasteiger partial charge in [0.05, 0.1) is 20.7 Å². The Hall–Kier alpha value is -1.24. The molecule has 0 aliphatic carbocycles. The van der Waals surface area contributed by atoms with E-state index in [0.29, 0.717) is 19.4 Å². The fourth-order valence-corrected chi connectivity index (χ4v) is 5.24. The average Bonchev–Trinajstić information content (AvgIpc) is 2.95. The van der Waals surface area contributed by atoms with Crippen molar-refractivity contribution in [2.45, 2.75) is 129 Å². The van der Waals surface area contributed by atoms with E-state index in [1.807, 2.05) is 39.2 Å². The first-order valence-corrected chi connectivity index (χ1v) is 17.5. The second kappa shape index (κ2) is 26.4. The molecule has 0 aromatic heterocycles. The van der Waals surface area contributed by atoms with Crippen LogP contribution in [0.3, 0.4) is 0 Å². The fraction of sp³-hybridized carbons (Fsp3) is 0.788. The van der Waals surface area contributed by atoms with E-state index >= 15 is 0 Å². The lowest BCUT2D eigenvalue weighted by molar-refractivity contribution is -0.858. The Morgan fingerprint density at radius 2 is 1.39 bits per heavy atom. The second-order valence-electron chi connectivity index (χ2n) is 11.5. The maximum atomic E-state index is 12.2. The first-order chi connectivity index (χ1) is 20.0. The van der Waals surface area contributed by atoms with Gasteiger partial charge in [-0.2, -0.15) is 0 Å². The first kappa shape index (κ1) is 37.8. The SMILES string of the molecule is CCCCCCCCCCCCCCCCc1ccccc1OCC(COP(O)OCC[NH+](C)C)OC(=O)CCC. The predicted molar refractivity (Wildman–Crippen MR) is 169 cm³/mol. The number of likely N-dealkylation sites (N-methyl/N-ethyl adjacent to an activating group) is 1. The molecule has 0 spiro atoms. The average molecular weight is 599 g/mol. The molecule has 238 valence electrons. The molecule has 8 heteroatoms. The van der Waals surface area contributed by atoms with Crippen molar-refractivity contribution in [3.05, 3.63) is 29.8 Å². The van der Waals surface area contributed by atoms with Crippen LogP contribution in [0.5, 0.6) is 5.75 Å². The number of benzene rings is 1. The van der Waals surface area contributed by atoms with Gasteiger partial charge in [-0.25, -0.2) is 0 Å². The molecule has 0 saturated carbocycles. The smallest absolute Gasteiger partial charge is 0.330 e. The number of carbonyl (C=O) groups is 1. The molecule has 0 amide bonds. The number of aryl methyl sites for hydroxylation is 1. The van der Waals surface area contributed by atoms with Crippen LogP contribution in [0, 0.1) is 0 Å². The van der Waals surface area contributed by atoms with E-state index in [0.717, 1.165) is 25.1 Å². The Labute approximate surface area is 252 Å². The minimum atomic E-state index is -2.03. The third-order valence-corrected chi connectivity index (χ3v) is 7.90. The molecule has 2 unspecified atom stereocenters. The van der Waals surface area contributed by atoms with Gasteiger partial charge >= 0.3 is 14.6 Å². The maximum absolute atomic E-state index is 12.2. The summed E-state index contributed by atoms with van der Waals surface area (Å²) >= 11 is 0. The standard InChI is InChI=1S/C33H60NO6P/c1-5-7-8-9-10-11-12-13-14-15-16-17-18-19-23-30-24-20-21-25-32(30)37-28-31(40-33(35)22-6-2)29-39-41(36)38-27-26-34(3)4/h20-21,24-25,31,36H,5-19,22-23,26-29H2,1-4H3/p+1. The van der Waals surface area contributed by atoms with E-state index in [9.17, 15) is 9.69 Å². The molecule has 0 fully saturated rings. The molecule has 1 rings (SSSR count). The minimum Gasteiger partial charge on any atom is -0.489 e. The number of esters is 1. The van der Waals surface area contributed by atoms with E-state index < -0.39 is 14.7 Å². The molecule has 41 heavy (non-hydrogen) atoms. The van der Waals surface area contributed by atoms with Crippen LogP contribution in [0.4, 0.5) is 0 Å². The van der Waals surface area contributed by atoms with Gasteiger partial charge in [0.1, 0.15) is 25.5 Å². The van der Waals surface area contributed by atoms with Crippen LogP contribution in [-0.2, 0) is 25.0 Å². The van der Waals surface area contributed by atoms with Crippen molar-refractivity contribution in [1.82, 2.24) is 0 Å². The molecule has 0 aliphatic rings. The van der Waals surface area contributed by atoms with E-state index in [2.05, 4.69) is 13.0 Å². The number of ether oxygens (including phenoxy) is 2.